The van der Waals surface area contributed by atoms with Gasteiger partial charge in [-0.05, 0) is 30.3 Å². The van der Waals surface area contributed by atoms with Crippen molar-refractivity contribution in [1.29, 1.82) is 0 Å². The summed E-state index contributed by atoms with van der Waals surface area (Å²) in [6.45, 7) is 0. The Morgan fingerprint density at radius 1 is 0.964 bits per heavy atom. The number of pyridine rings is 1. The van der Waals surface area contributed by atoms with Crippen LogP contribution in [0.5, 0.6) is 11.5 Å². The van der Waals surface area contributed by atoms with E-state index < -0.39 is 0 Å². The van der Waals surface area contributed by atoms with Crippen molar-refractivity contribution in [2.45, 2.75) is 0 Å². The van der Waals surface area contributed by atoms with Crippen LogP contribution in [0.4, 0.5) is 5.69 Å². The zero-order valence-electron chi connectivity index (χ0n) is 15.9. The molecule has 0 atom stereocenters. The minimum absolute atomic E-state index is 0. The lowest BCUT2D eigenvalue weighted by atomic mass is 10.1. The highest BCUT2D eigenvalue weighted by atomic mass is 35.5. The molecule has 28 heavy (non-hydrogen) atoms. The smallest absolute Gasteiger partial charge is 0.329 e. The molecular formula is C19H22Cl2N4O3. The molecule has 0 saturated heterocycles. The zero-order valence-corrected chi connectivity index (χ0v) is 17.6. The average Bonchev–Trinajstić information content (AvgIpc) is 2.68. The van der Waals surface area contributed by atoms with Crippen LogP contribution in [-0.2, 0) is 14.1 Å². The van der Waals surface area contributed by atoms with Gasteiger partial charge < -0.3 is 9.47 Å². The number of rotatable bonds is 4. The lowest BCUT2D eigenvalue weighted by Gasteiger charge is -2.13. The maximum Gasteiger partial charge on any atom is 0.329 e. The molecule has 0 aliphatic carbocycles. The SMILES string of the molecule is COc1ccc(-c2cc(=Nc3cccnc3)n(C)c(=O)n2C)cc1OC.Cl.Cl. The van der Waals surface area contributed by atoms with Gasteiger partial charge in [0.25, 0.3) is 0 Å². The Morgan fingerprint density at radius 3 is 2.29 bits per heavy atom. The fourth-order valence-corrected chi connectivity index (χ4v) is 2.67. The minimum Gasteiger partial charge on any atom is -0.493 e. The summed E-state index contributed by atoms with van der Waals surface area (Å²) in [5.74, 6) is 1.22. The van der Waals surface area contributed by atoms with Crippen LogP contribution in [0.25, 0.3) is 11.3 Å². The van der Waals surface area contributed by atoms with Crippen molar-refractivity contribution >= 4 is 30.5 Å². The summed E-state index contributed by atoms with van der Waals surface area (Å²) in [4.78, 5) is 21.2. The van der Waals surface area contributed by atoms with Gasteiger partial charge in [-0.25, -0.2) is 9.79 Å². The van der Waals surface area contributed by atoms with Crippen molar-refractivity contribution in [2.24, 2.45) is 19.1 Å². The van der Waals surface area contributed by atoms with Crippen molar-refractivity contribution in [1.82, 2.24) is 14.1 Å². The van der Waals surface area contributed by atoms with Gasteiger partial charge in [0.1, 0.15) is 5.49 Å². The second kappa shape index (κ2) is 9.96. The molecule has 0 fully saturated rings. The number of halogens is 2. The molecular weight excluding hydrogens is 403 g/mol. The van der Waals surface area contributed by atoms with Crippen molar-refractivity contribution < 1.29 is 9.47 Å². The van der Waals surface area contributed by atoms with Crippen LogP contribution in [-0.4, -0.2) is 28.3 Å². The number of aromatic nitrogens is 3. The summed E-state index contributed by atoms with van der Waals surface area (Å²) in [6, 6.07) is 11.0. The molecule has 2 heterocycles. The molecule has 0 saturated carbocycles. The maximum absolute atomic E-state index is 12.6. The molecule has 9 heteroatoms. The first-order chi connectivity index (χ1) is 12.5. The summed E-state index contributed by atoms with van der Waals surface area (Å²) in [6.07, 6.45) is 3.33. The van der Waals surface area contributed by atoms with E-state index in [1.54, 1.807) is 51.3 Å². The first-order valence-corrected chi connectivity index (χ1v) is 7.99. The second-order valence-corrected chi connectivity index (χ2v) is 5.68. The minimum atomic E-state index is -0.181. The van der Waals surface area contributed by atoms with Gasteiger partial charge in [0.15, 0.2) is 11.5 Å². The van der Waals surface area contributed by atoms with E-state index in [0.717, 1.165) is 11.3 Å². The van der Waals surface area contributed by atoms with Crippen molar-refractivity contribution in [3.63, 3.8) is 0 Å². The lowest BCUT2D eigenvalue weighted by molar-refractivity contribution is 0.355. The standard InChI is InChI=1S/C19H20N4O3.2ClH/c1-22-15(13-7-8-16(25-3)17(10-13)26-4)11-18(23(2)19(22)24)21-14-6-5-9-20-12-14;;/h5-12H,1-4H3;2*1H. The van der Waals surface area contributed by atoms with E-state index in [9.17, 15) is 4.79 Å². The van der Waals surface area contributed by atoms with E-state index in [0.29, 0.717) is 22.7 Å². The normalized spacial score (nSPS) is 10.6. The van der Waals surface area contributed by atoms with E-state index in [1.165, 1.54) is 4.57 Å². The number of methoxy groups -OCH3 is 2. The highest BCUT2D eigenvalue weighted by molar-refractivity contribution is 5.85. The van der Waals surface area contributed by atoms with E-state index in [2.05, 4.69) is 9.98 Å². The fraction of sp³-hybridized carbons (Fsp3) is 0.211. The molecule has 0 unspecified atom stereocenters. The molecule has 0 N–H and O–H groups in total. The molecule has 0 aliphatic heterocycles. The Kier molecular flexibility index (Phi) is 8.28. The third-order valence-corrected chi connectivity index (χ3v) is 4.11. The number of benzene rings is 1. The van der Waals surface area contributed by atoms with Crippen LogP contribution in [0.15, 0.2) is 58.6 Å². The number of hydrogen-bond donors (Lipinski definition) is 0. The maximum atomic E-state index is 12.6. The Hall–Kier alpha value is -2.77. The van der Waals surface area contributed by atoms with E-state index in [-0.39, 0.29) is 30.5 Å². The molecule has 2 aromatic heterocycles. The fourth-order valence-electron chi connectivity index (χ4n) is 2.67. The Bertz CT molecular complexity index is 1060. The van der Waals surface area contributed by atoms with Crippen molar-refractivity contribution in [3.05, 3.63) is 64.8 Å². The van der Waals surface area contributed by atoms with Gasteiger partial charge in [-0.15, -0.1) is 24.8 Å². The molecule has 3 rings (SSSR count). The molecule has 3 aromatic rings. The predicted molar refractivity (Wildman–Crippen MR) is 113 cm³/mol. The monoisotopic (exact) mass is 424 g/mol. The highest BCUT2D eigenvalue weighted by Gasteiger charge is 2.11. The topological polar surface area (TPSA) is 70.6 Å². The van der Waals surface area contributed by atoms with Gasteiger partial charge >= 0.3 is 5.69 Å². The first-order valence-electron chi connectivity index (χ1n) is 7.99. The molecule has 7 nitrogen and oxygen atoms in total. The lowest BCUT2D eigenvalue weighted by Crippen LogP contribution is -2.37. The molecule has 0 aliphatic rings. The summed E-state index contributed by atoms with van der Waals surface area (Å²) < 4.78 is 13.7. The molecule has 150 valence electrons. The van der Waals surface area contributed by atoms with Crippen molar-refractivity contribution in [3.8, 4) is 22.8 Å². The van der Waals surface area contributed by atoms with Gasteiger partial charge in [0.05, 0.1) is 31.8 Å². The number of ether oxygens (including phenoxy) is 2. The number of nitrogens with zero attached hydrogens (tertiary/aromatic N) is 4. The van der Waals surface area contributed by atoms with E-state index >= 15 is 0 Å². The quantitative estimate of drug-likeness (QED) is 0.645. The zero-order chi connectivity index (χ0) is 18.7. The van der Waals surface area contributed by atoms with Crippen LogP contribution in [0.3, 0.4) is 0 Å². The van der Waals surface area contributed by atoms with Crippen LogP contribution in [0, 0.1) is 0 Å². The van der Waals surface area contributed by atoms with Gasteiger partial charge in [-0.2, -0.15) is 0 Å². The summed E-state index contributed by atoms with van der Waals surface area (Å²) in [5.41, 5.74) is 2.57. The van der Waals surface area contributed by atoms with Gasteiger partial charge in [0, 0.05) is 31.9 Å². The van der Waals surface area contributed by atoms with Crippen LogP contribution in [0.2, 0.25) is 0 Å². The third kappa shape index (κ3) is 4.55. The molecule has 0 spiro atoms. The number of hydrogen-bond acceptors (Lipinski definition) is 5. The van der Waals surface area contributed by atoms with Crippen LogP contribution in [0.1, 0.15) is 0 Å². The molecule has 0 radical (unpaired) electrons. The first kappa shape index (κ1) is 23.3. The Morgan fingerprint density at radius 2 is 1.68 bits per heavy atom. The Balaban J connectivity index is 0.00000196. The predicted octanol–water partition coefficient (Wildman–Crippen LogP) is 2.88. The molecule has 0 bridgehead atoms. The second-order valence-electron chi connectivity index (χ2n) is 5.68. The summed E-state index contributed by atoms with van der Waals surface area (Å²) in [5, 5.41) is 0. The molecule has 1 aromatic carbocycles. The van der Waals surface area contributed by atoms with Crippen LogP contribution >= 0.6 is 24.8 Å². The van der Waals surface area contributed by atoms with Gasteiger partial charge in [-0.1, -0.05) is 0 Å². The average molecular weight is 425 g/mol. The molecule has 0 amide bonds. The van der Waals surface area contributed by atoms with Gasteiger partial charge in [-0.3, -0.25) is 14.1 Å². The van der Waals surface area contributed by atoms with Crippen molar-refractivity contribution in [2.75, 3.05) is 14.2 Å². The third-order valence-electron chi connectivity index (χ3n) is 4.11. The van der Waals surface area contributed by atoms with Gasteiger partial charge in [0.2, 0.25) is 0 Å². The largest absolute Gasteiger partial charge is 0.493 e. The summed E-state index contributed by atoms with van der Waals surface area (Å²) in [7, 11) is 6.58. The summed E-state index contributed by atoms with van der Waals surface area (Å²) >= 11 is 0. The van der Waals surface area contributed by atoms with E-state index in [4.69, 9.17) is 9.47 Å². The Labute approximate surface area is 175 Å². The van der Waals surface area contributed by atoms with Crippen LogP contribution < -0.4 is 20.7 Å². The van der Waals surface area contributed by atoms with E-state index in [1.807, 2.05) is 30.3 Å². The highest BCUT2D eigenvalue weighted by Crippen LogP contribution is 2.31.